The van der Waals surface area contributed by atoms with Crippen molar-refractivity contribution in [2.24, 2.45) is 5.92 Å². The van der Waals surface area contributed by atoms with E-state index < -0.39 is 24.0 Å². The molecule has 2 N–H and O–H groups in total. The number of nitrogens with one attached hydrogen (secondary N) is 1. The molecule has 0 aromatic heterocycles. The minimum Gasteiger partial charge on any atom is -0.480 e. The number of aliphatic carboxylic acids is 1. The Kier molecular flexibility index (Phi) is 6.26. The Hall–Kier alpha value is -3.35. The van der Waals surface area contributed by atoms with Gasteiger partial charge in [-0.25, -0.2) is 9.59 Å². The molecule has 2 fully saturated rings. The molecule has 2 amide bonds. The van der Waals surface area contributed by atoms with Gasteiger partial charge in [-0.2, -0.15) is 0 Å². The van der Waals surface area contributed by atoms with E-state index in [0.29, 0.717) is 32.2 Å². The number of ether oxygens (including phenoxy) is 1. The summed E-state index contributed by atoms with van der Waals surface area (Å²) >= 11 is 0. The van der Waals surface area contributed by atoms with Crippen LogP contribution in [-0.4, -0.2) is 53.2 Å². The highest BCUT2D eigenvalue weighted by Gasteiger charge is 2.41. The van der Waals surface area contributed by atoms with Gasteiger partial charge in [0.2, 0.25) is 5.91 Å². The fourth-order valence-electron chi connectivity index (χ4n) is 5.89. The van der Waals surface area contributed by atoms with E-state index in [9.17, 15) is 19.5 Å². The quantitative estimate of drug-likeness (QED) is 0.696. The maximum absolute atomic E-state index is 13.2. The summed E-state index contributed by atoms with van der Waals surface area (Å²) in [5.41, 5.74) is 4.64. The molecule has 1 saturated carbocycles. The topological polar surface area (TPSA) is 95.9 Å². The summed E-state index contributed by atoms with van der Waals surface area (Å²) in [5, 5.41) is 12.4. The molecule has 0 unspecified atom stereocenters. The second kappa shape index (κ2) is 9.49. The van der Waals surface area contributed by atoms with E-state index in [4.69, 9.17) is 4.74 Å². The first kappa shape index (κ1) is 22.4. The number of likely N-dealkylation sites (tertiary alicyclic amines) is 1. The first-order valence-electron chi connectivity index (χ1n) is 12.2. The van der Waals surface area contributed by atoms with E-state index in [1.807, 2.05) is 24.3 Å². The smallest absolute Gasteiger partial charge is 0.407 e. The molecule has 3 atom stereocenters. The number of amides is 2. The van der Waals surface area contributed by atoms with Crippen LogP contribution in [-0.2, 0) is 14.3 Å². The van der Waals surface area contributed by atoms with Gasteiger partial charge in [-0.1, -0.05) is 61.4 Å². The number of rotatable bonds is 5. The van der Waals surface area contributed by atoms with Crippen LogP contribution in [0.25, 0.3) is 11.1 Å². The normalized spacial score (nSPS) is 23.8. The van der Waals surface area contributed by atoms with Gasteiger partial charge < -0.3 is 20.1 Å². The Balaban J connectivity index is 1.24. The molecule has 7 nitrogen and oxygen atoms in total. The Morgan fingerprint density at radius 2 is 1.56 bits per heavy atom. The predicted octanol–water partition coefficient (Wildman–Crippen LogP) is 4.16. The minimum absolute atomic E-state index is 0.0251. The Labute approximate surface area is 199 Å². The van der Waals surface area contributed by atoms with Crippen LogP contribution in [0, 0.1) is 5.92 Å². The van der Waals surface area contributed by atoms with Crippen molar-refractivity contribution in [3.8, 4) is 11.1 Å². The van der Waals surface area contributed by atoms with Crippen molar-refractivity contribution in [3.05, 3.63) is 59.7 Å². The SMILES string of the molecule is O=C(N[C@@H]1CCCC[C@@H]1C(=O)N1CCC[C@@H]1C(=O)O)OCC1c2ccccc2-c2ccccc21. The van der Waals surface area contributed by atoms with Gasteiger partial charge in [0.05, 0.1) is 5.92 Å². The van der Waals surface area contributed by atoms with Gasteiger partial charge >= 0.3 is 12.1 Å². The highest BCUT2D eigenvalue weighted by molar-refractivity contribution is 5.86. The van der Waals surface area contributed by atoms with Crippen LogP contribution in [0.15, 0.2) is 48.5 Å². The molecule has 178 valence electrons. The lowest BCUT2D eigenvalue weighted by molar-refractivity contribution is -0.150. The van der Waals surface area contributed by atoms with Crippen molar-refractivity contribution in [2.45, 2.75) is 56.5 Å². The van der Waals surface area contributed by atoms with Gasteiger partial charge in [0.25, 0.3) is 0 Å². The summed E-state index contributed by atoms with van der Waals surface area (Å²) < 4.78 is 5.69. The summed E-state index contributed by atoms with van der Waals surface area (Å²) in [6.45, 7) is 0.683. The zero-order chi connectivity index (χ0) is 23.7. The molecule has 34 heavy (non-hydrogen) atoms. The maximum Gasteiger partial charge on any atom is 0.407 e. The first-order chi connectivity index (χ1) is 16.5. The number of carboxylic acids is 1. The molecule has 5 rings (SSSR count). The molecule has 0 radical (unpaired) electrons. The number of carboxylic acid groups (broad SMARTS) is 1. The van der Waals surface area contributed by atoms with Crippen molar-refractivity contribution in [3.63, 3.8) is 0 Å². The van der Waals surface area contributed by atoms with Gasteiger partial charge in [0, 0.05) is 18.5 Å². The number of hydrogen-bond acceptors (Lipinski definition) is 4. The van der Waals surface area contributed by atoms with Crippen molar-refractivity contribution in [2.75, 3.05) is 13.2 Å². The molecule has 3 aliphatic rings. The first-order valence-corrected chi connectivity index (χ1v) is 12.2. The number of alkyl carbamates (subject to hydrolysis) is 1. The fourth-order valence-corrected chi connectivity index (χ4v) is 5.89. The summed E-state index contributed by atoms with van der Waals surface area (Å²) in [5.74, 6) is -1.55. The lowest BCUT2D eigenvalue weighted by atomic mass is 9.83. The lowest BCUT2D eigenvalue weighted by Crippen LogP contribution is -2.51. The van der Waals surface area contributed by atoms with Crippen LogP contribution < -0.4 is 5.32 Å². The highest BCUT2D eigenvalue weighted by atomic mass is 16.5. The second-order valence-corrected chi connectivity index (χ2v) is 9.50. The number of carbonyl (C=O) groups is 3. The Morgan fingerprint density at radius 1 is 0.912 bits per heavy atom. The number of hydrogen-bond donors (Lipinski definition) is 2. The number of nitrogens with zero attached hydrogens (tertiary/aromatic N) is 1. The van der Waals surface area contributed by atoms with Gasteiger partial charge in [-0.15, -0.1) is 0 Å². The average Bonchev–Trinajstić information content (AvgIpc) is 3.46. The molecule has 0 bridgehead atoms. The summed E-state index contributed by atoms with van der Waals surface area (Å²) in [4.78, 5) is 39.1. The van der Waals surface area contributed by atoms with Crippen LogP contribution in [0.3, 0.4) is 0 Å². The standard InChI is InChI=1S/C27H30N2O5/c30-25(29-15-7-14-24(29)26(31)32)21-12-5-6-13-23(21)28-27(33)34-16-22-19-10-3-1-8-17(19)18-9-2-4-11-20(18)22/h1-4,8-11,21-24H,5-7,12-16H2,(H,28,33)(H,31,32)/t21-,23+,24+/m0/s1. The monoisotopic (exact) mass is 462 g/mol. The van der Waals surface area contributed by atoms with Crippen molar-refractivity contribution in [1.29, 1.82) is 0 Å². The van der Waals surface area contributed by atoms with E-state index in [1.54, 1.807) is 0 Å². The summed E-state index contributed by atoms with van der Waals surface area (Å²) in [7, 11) is 0. The van der Waals surface area contributed by atoms with Crippen molar-refractivity contribution >= 4 is 18.0 Å². The van der Waals surface area contributed by atoms with Crippen molar-refractivity contribution in [1.82, 2.24) is 10.2 Å². The minimum atomic E-state index is -0.956. The number of benzene rings is 2. The molecule has 1 aliphatic heterocycles. The fraction of sp³-hybridized carbons (Fsp3) is 0.444. The molecule has 2 aliphatic carbocycles. The molecular weight excluding hydrogens is 432 g/mol. The van der Waals surface area contributed by atoms with E-state index in [2.05, 4.69) is 29.6 Å². The van der Waals surface area contributed by atoms with Crippen LogP contribution in [0.5, 0.6) is 0 Å². The third-order valence-corrected chi connectivity index (χ3v) is 7.55. The number of carbonyl (C=O) groups excluding carboxylic acids is 2. The Bertz CT molecular complexity index is 1050. The van der Waals surface area contributed by atoms with Crippen LogP contribution in [0.4, 0.5) is 4.79 Å². The molecule has 1 heterocycles. The molecule has 7 heteroatoms. The van der Waals surface area contributed by atoms with Gasteiger partial charge in [0.15, 0.2) is 0 Å². The summed E-state index contributed by atoms with van der Waals surface area (Å²) in [6, 6.07) is 15.3. The van der Waals surface area contributed by atoms with Crippen LogP contribution in [0.2, 0.25) is 0 Å². The van der Waals surface area contributed by atoms with E-state index in [1.165, 1.54) is 16.0 Å². The predicted molar refractivity (Wildman–Crippen MR) is 126 cm³/mol. The lowest BCUT2D eigenvalue weighted by Gasteiger charge is -2.34. The van der Waals surface area contributed by atoms with E-state index in [0.717, 1.165) is 24.0 Å². The van der Waals surface area contributed by atoms with E-state index >= 15 is 0 Å². The molecular formula is C27H30N2O5. The van der Waals surface area contributed by atoms with Gasteiger partial charge in [0.1, 0.15) is 12.6 Å². The third kappa shape index (κ3) is 4.15. The Morgan fingerprint density at radius 3 is 2.24 bits per heavy atom. The maximum atomic E-state index is 13.2. The zero-order valence-electron chi connectivity index (χ0n) is 19.1. The van der Waals surface area contributed by atoms with Crippen LogP contribution in [0.1, 0.15) is 55.6 Å². The zero-order valence-corrected chi connectivity index (χ0v) is 19.1. The largest absolute Gasteiger partial charge is 0.480 e. The number of fused-ring (bicyclic) bond motifs is 3. The van der Waals surface area contributed by atoms with Gasteiger partial charge in [-0.3, -0.25) is 4.79 Å². The summed E-state index contributed by atoms with van der Waals surface area (Å²) in [6.07, 6.45) is 3.80. The second-order valence-electron chi connectivity index (χ2n) is 9.50. The van der Waals surface area contributed by atoms with Crippen LogP contribution >= 0.6 is 0 Å². The average molecular weight is 463 g/mol. The van der Waals surface area contributed by atoms with Crippen molar-refractivity contribution < 1.29 is 24.2 Å². The highest BCUT2D eigenvalue weighted by Crippen LogP contribution is 2.44. The molecule has 2 aromatic rings. The molecule has 2 aromatic carbocycles. The molecule has 0 spiro atoms. The van der Waals surface area contributed by atoms with E-state index in [-0.39, 0.29) is 24.5 Å². The molecule has 1 saturated heterocycles. The van der Waals surface area contributed by atoms with Gasteiger partial charge in [-0.05, 0) is 47.9 Å². The third-order valence-electron chi connectivity index (χ3n) is 7.55.